The Morgan fingerprint density at radius 2 is 1.83 bits per heavy atom. The molecule has 0 aliphatic heterocycles. The first-order valence-corrected chi connectivity index (χ1v) is 3.56. The van der Waals surface area contributed by atoms with Crippen LogP contribution < -0.4 is 0 Å². The SMILES string of the molecule is [CH2]CCC(=O)C(=O)COC(C)=O. The summed E-state index contributed by atoms with van der Waals surface area (Å²) >= 11 is 0. The van der Waals surface area contributed by atoms with Gasteiger partial charge in [0.1, 0.15) is 0 Å². The molecule has 0 bridgehead atoms. The van der Waals surface area contributed by atoms with Gasteiger partial charge < -0.3 is 4.74 Å². The monoisotopic (exact) mass is 171 g/mol. The summed E-state index contributed by atoms with van der Waals surface area (Å²) in [6, 6.07) is 0. The quantitative estimate of drug-likeness (QED) is 0.441. The lowest BCUT2D eigenvalue weighted by Crippen LogP contribution is -2.20. The molecule has 0 aromatic carbocycles. The van der Waals surface area contributed by atoms with Crippen molar-refractivity contribution in [3.63, 3.8) is 0 Å². The average molecular weight is 171 g/mol. The summed E-state index contributed by atoms with van der Waals surface area (Å²) in [6.07, 6.45) is 0.491. The zero-order chi connectivity index (χ0) is 9.56. The first-order chi connectivity index (χ1) is 5.57. The third kappa shape index (κ3) is 4.60. The number of Topliss-reactive ketones (excluding diaryl/α,β-unsaturated/α-hetero) is 2. The zero-order valence-electron chi connectivity index (χ0n) is 6.96. The lowest BCUT2D eigenvalue weighted by Gasteiger charge is -1.98. The minimum absolute atomic E-state index is 0.111. The fraction of sp³-hybridized carbons (Fsp3) is 0.500. The molecule has 0 saturated heterocycles. The number of hydrogen-bond acceptors (Lipinski definition) is 4. The molecular formula is C8H11O4. The number of hydrogen-bond donors (Lipinski definition) is 0. The molecule has 0 unspecified atom stereocenters. The second kappa shape index (κ2) is 5.46. The number of esters is 1. The van der Waals surface area contributed by atoms with Gasteiger partial charge in [-0.1, -0.05) is 6.92 Å². The van der Waals surface area contributed by atoms with Crippen LogP contribution in [-0.2, 0) is 19.1 Å². The predicted molar refractivity (Wildman–Crippen MR) is 41.2 cm³/mol. The Labute approximate surface area is 70.9 Å². The van der Waals surface area contributed by atoms with Gasteiger partial charge in [0.25, 0.3) is 0 Å². The van der Waals surface area contributed by atoms with Gasteiger partial charge in [-0.3, -0.25) is 14.4 Å². The van der Waals surface area contributed by atoms with Gasteiger partial charge in [0.15, 0.2) is 6.61 Å². The fourth-order valence-electron chi connectivity index (χ4n) is 0.548. The summed E-state index contributed by atoms with van der Waals surface area (Å²) in [5, 5.41) is 0. The van der Waals surface area contributed by atoms with Crippen LogP contribution in [0.1, 0.15) is 19.8 Å². The van der Waals surface area contributed by atoms with Gasteiger partial charge in [-0.25, -0.2) is 0 Å². The molecule has 67 valence electrons. The Hall–Kier alpha value is -1.19. The number of ketones is 2. The molecule has 1 radical (unpaired) electrons. The number of carbonyl (C=O) groups excluding carboxylic acids is 3. The van der Waals surface area contributed by atoms with Gasteiger partial charge in [-0.05, 0) is 6.42 Å². The van der Waals surface area contributed by atoms with E-state index >= 15 is 0 Å². The smallest absolute Gasteiger partial charge is 0.303 e. The first-order valence-electron chi connectivity index (χ1n) is 3.56. The number of carbonyl (C=O) groups is 3. The van der Waals surface area contributed by atoms with Crippen molar-refractivity contribution in [2.75, 3.05) is 6.61 Å². The predicted octanol–water partition coefficient (Wildman–Crippen LogP) is 0.302. The molecule has 0 spiro atoms. The van der Waals surface area contributed by atoms with Crippen molar-refractivity contribution in [1.82, 2.24) is 0 Å². The van der Waals surface area contributed by atoms with Crippen molar-refractivity contribution >= 4 is 17.5 Å². The van der Waals surface area contributed by atoms with Crippen molar-refractivity contribution < 1.29 is 19.1 Å². The van der Waals surface area contributed by atoms with E-state index in [0.29, 0.717) is 6.42 Å². The van der Waals surface area contributed by atoms with Crippen molar-refractivity contribution in [2.24, 2.45) is 0 Å². The number of rotatable bonds is 5. The summed E-state index contributed by atoms with van der Waals surface area (Å²) in [6.45, 7) is 4.15. The maximum atomic E-state index is 10.8. The molecule has 0 atom stereocenters. The largest absolute Gasteiger partial charge is 0.457 e. The van der Waals surface area contributed by atoms with E-state index in [2.05, 4.69) is 11.7 Å². The van der Waals surface area contributed by atoms with Crippen LogP contribution >= 0.6 is 0 Å². The van der Waals surface area contributed by atoms with Crippen LogP contribution in [-0.4, -0.2) is 24.1 Å². The molecule has 0 aromatic rings. The second-order valence-corrected chi connectivity index (χ2v) is 2.23. The van der Waals surface area contributed by atoms with Gasteiger partial charge in [-0.15, -0.1) is 0 Å². The normalized spacial score (nSPS) is 9.17. The molecule has 0 saturated carbocycles. The summed E-state index contributed by atoms with van der Waals surface area (Å²) in [5.74, 6) is -1.77. The summed E-state index contributed by atoms with van der Waals surface area (Å²) in [5.41, 5.74) is 0. The fourth-order valence-corrected chi connectivity index (χ4v) is 0.548. The molecule has 0 fully saturated rings. The Bertz CT molecular complexity index is 195. The van der Waals surface area contributed by atoms with E-state index in [1.807, 2.05) is 0 Å². The highest BCUT2D eigenvalue weighted by molar-refractivity contribution is 6.37. The van der Waals surface area contributed by atoms with E-state index in [9.17, 15) is 14.4 Å². The Balaban J connectivity index is 3.72. The van der Waals surface area contributed by atoms with Crippen LogP contribution in [0.5, 0.6) is 0 Å². The standard InChI is InChI=1S/C8H11O4/c1-3-4-7(10)8(11)5-12-6(2)9/h1,3-5H2,2H3. The molecule has 0 aliphatic carbocycles. The molecule has 0 aromatic heterocycles. The maximum Gasteiger partial charge on any atom is 0.303 e. The summed E-state index contributed by atoms with van der Waals surface area (Å²) < 4.78 is 4.34. The van der Waals surface area contributed by atoms with Gasteiger partial charge in [-0.2, -0.15) is 0 Å². The van der Waals surface area contributed by atoms with Crippen LogP contribution in [0.2, 0.25) is 0 Å². The lowest BCUT2D eigenvalue weighted by atomic mass is 10.2. The minimum atomic E-state index is -0.672. The molecule has 4 heteroatoms. The van der Waals surface area contributed by atoms with E-state index in [1.165, 1.54) is 6.92 Å². The molecule has 0 aliphatic rings. The van der Waals surface area contributed by atoms with Gasteiger partial charge in [0, 0.05) is 13.3 Å². The molecule has 0 amide bonds. The summed E-state index contributed by atoms with van der Waals surface area (Å²) in [4.78, 5) is 31.8. The second-order valence-electron chi connectivity index (χ2n) is 2.23. The highest BCUT2D eigenvalue weighted by atomic mass is 16.5. The maximum absolute atomic E-state index is 10.8. The Morgan fingerprint density at radius 3 is 2.25 bits per heavy atom. The lowest BCUT2D eigenvalue weighted by molar-refractivity contribution is -0.148. The van der Waals surface area contributed by atoms with Crippen LogP contribution in [0.4, 0.5) is 0 Å². The van der Waals surface area contributed by atoms with E-state index < -0.39 is 24.1 Å². The van der Waals surface area contributed by atoms with Crippen LogP contribution in [0.25, 0.3) is 0 Å². The van der Waals surface area contributed by atoms with E-state index in [-0.39, 0.29) is 6.42 Å². The van der Waals surface area contributed by atoms with E-state index in [1.54, 1.807) is 0 Å². The molecule has 0 N–H and O–H groups in total. The average Bonchev–Trinajstić information content (AvgIpc) is 2.00. The third-order valence-electron chi connectivity index (χ3n) is 1.12. The molecular weight excluding hydrogens is 160 g/mol. The molecule has 0 heterocycles. The van der Waals surface area contributed by atoms with E-state index in [4.69, 9.17) is 0 Å². The topological polar surface area (TPSA) is 60.4 Å². The molecule has 0 rings (SSSR count). The van der Waals surface area contributed by atoms with Crippen LogP contribution in [0, 0.1) is 6.92 Å². The van der Waals surface area contributed by atoms with Crippen molar-refractivity contribution in [3.05, 3.63) is 6.92 Å². The highest BCUT2D eigenvalue weighted by Gasteiger charge is 2.13. The van der Waals surface area contributed by atoms with E-state index in [0.717, 1.165) is 0 Å². The molecule has 4 nitrogen and oxygen atoms in total. The summed E-state index contributed by atoms with van der Waals surface area (Å²) in [7, 11) is 0. The number of ether oxygens (including phenoxy) is 1. The highest BCUT2D eigenvalue weighted by Crippen LogP contribution is 1.91. The van der Waals surface area contributed by atoms with Crippen molar-refractivity contribution in [1.29, 1.82) is 0 Å². The van der Waals surface area contributed by atoms with Crippen LogP contribution in [0.15, 0.2) is 0 Å². The van der Waals surface area contributed by atoms with Crippen LogP contribution in [0.3, 0.4) is 0 Å². The van der Waals surface area contributed by atoms with Crippen molar-refractivity contribution in [3.8, 4) is 0 Å². The van der Waals surface area contributed by atoms with Gasteiger partial charge in [0.2, 0.25) is 11.6 Å². The van der Waals surface area contributed by atoms with Gasteiger partial charge in [0.05, 0.1) is 0 Å². The van der Waals surface area contributed by atoms with Crippen molar-refractivity contribution in [2.45, 2.75) is 19.8 Å². The zero-order valence-corrected chi connectivity index (χ0v) is 6.96. The first kappa shape index (κ1) is 10.8. The minimum Gasteiger partial charge on any atom is -0.457 e. The third-order valence-corrected chi connectivity index (χ3v) is 1.12. The molecule has 12 heavy (non-hydrogen) atoms. The van der Waals surface area contributed by atoms with Gasteiger partial charge >= 0.3 is 5.97 Å². The Kier molecular flexibility index (Phi) is 4.92. The Morgan fingerprint density at radius 1 is 1.25 bits per heavy atom.